The van der Waals surface area contributed by atoms with Gasteiger partial charge in [-0.05, 0) is 41.0 Å². The van der Waals surface area contributed by atoms with E-state index in [0.717, 1.165) is 27.5 Å². The van der Waals surface area contributed by atoms with Crippen LogP contribution < -0.4 is 5.32 Å². The first-order chi connectivity index (χ1) is 6.20. The third-order valence-electron chi connectivity index (χ3n) is 2.29. The Balaban J connectivity index is 2.46. The number of phenolic OH excluding ortho intramolecular Hbond substituents is 1. The van der Waals surface area contributed by atoms with E-state index in [9.17, 15) is 5.11 Å². The minimum atomic E-state index is 0.298. The zero-order valence-electron chi connectivity index (χ0n) is 6.85. The smallest absolute Gasteiger partial charge is 0.135 e. The van der Waals surface area contributed by atoms with Gasteiger partial charge in [0.05, 0.1) is 4.47 Å². The largest absolute Gasteiger partial charge is 0.506 e. The molecule has 0 bridgehead atoms. The molecule has 1 aliphatic heterocycles. The first-order valence-electron chi connectivity index (χ1n) is 4.10. The van der Waals surface area contributed by atoms with Gasteiger partial charge in [0.2, 0.25) is 0 Å². The van der Waals surface area contributed by atoms with Crippen molar-refractivity contribution in [2.75, 3.05) is 6.54 Å². The van der Waals surface area contributed by atoms with E-state index < -0.39 is 0 Å². The lowest BCUT2D eigenvalue weighted by Gasteiger charge is -2.29. The summed E-state index contributed by atoms with van der Waals surface area (Å²) in [6.07, 6.45) is 1.09. The summed E-state index contributed by atoms with van der Waals surface area (Å²) in [7, 11) is 0. The summed E-state index contributed by atoms with van der Waals surface area (Å²) in [6.45, 7) is 1.03. The average Bonchev–Trinajstić information content (AvgIpc) is 2.02. The van der Waals surface area contributed by atoms with E-state index in [1.54, 1.807) is 0 Å². The van der Waals surface area contributed by atoms with Crippen LogP contribution >= 0.6 is 31.9 Å². The second-order valence-electron chi connectivity index (χ2n) is 3.09. The summed E-state index contributed by atoms with van der Waals surface area (Å²) >= 11 is 6.74. The zero-order chi connectivity index (χ0) is 9.42. The Labute approximate surface area is 93.6 Å². The average molecular weight is 307 g/mol. The fourth-order valence-corrected chi connectivity index (χ4v) is 2.37. The van der Waals surface area contributed by atoms with Gasteiger partial charge in [0.15, 0.2) is 0 Å². The van der Waals surface area contributed by atoms with E-state index in [-0.39, 0.29) is 0 Å². The van der Waals surface area contributed by atoms with Gasteiger partial charge < -0.3 is 10.4 Å². The fourth-order valence-electron chi connectivity index (χ4n) is 1.42. The van der Waals surface area contributed by atoms with Crippen molar-refractivity contribution >= 4 is 31.9 Å². The normalized spacial score (nSPS) is 21.2. The van der Waals surface area contributed by atoms with Gasteiger partial charge in [-0.15, -0.1) is 0 Å². The van der Waals surface area contributed by atoms with Crippen LogP contribution in [0.4, 0.5) is 0 Å². The van der Waals surface area contributed by atoms with Crippen LogP contribution in [0.1, 0.15) is 18.0 Å². The molecule has 0 spiro atoms. The van der Waals surface area contributed by atoms with Crippen LogP contribution in [-0.2, 0) is 0 Å². The Hall–Kier alpha value is -0.0600. The van der Waals surface area contributed by atoms with Crippen molar-refractivity contribution in [1.29, 1.82) is 0 Å². The van der Waals surface area contributed by atoms with Crippen LogP contribution in [0.15, 0.2) is 21.1 Å². The van der Waals surface area contributed by atoms with Gasteiger partial charge >= 0.3 is 0 Å². The minimum Gasteiger partial charge on any atom is -0.506 e. The molecule has 1 saturated heterocycles. The van der Waals surface area contributed by atoms with Gasteiger partial charge in [0, 0.05) is 16.1 Å². The van der Waals surface area contributed by atoms with Crippen LogP contribution in [0.25, 0.3) is 0 Å². The first-order valence-corrected chi connectivity index (χ1v) is 5.69. The summed E-state index contributed by atoms with van der Waals surface area (Å²) in [4.78, 5) is 0. The van der Waals surface area contributed by atoms with E-state index in [4.69, 9.17) is 0 Å². The fraction of sp³-hybridized carbons (Fsp3) is 0.333. The number of halogens is 2. The molecule has 0 radical (unpaired) electrons. The van der Waals surface area contributed by atoms with Crippen molar-refractivity contribution in [3.05, 3.63) is 26.6 Å². The first kappa shape index (κ1) is 9.49. The highest BCUT2D eigenvalue weighted by atomic mass is 79.9. The highest BCUT2D eigenvalue weighted by Gasteiger charge is 2.24. The molecule has 0 unspecified atom stereocenters. The van der Waals surface area contributed by atoms with E-state index in [1.165, 1.54) is 0 Å². The van der Waals surface area contributed by atoms with Gasteiger partial charge in [-0.25, -0.2) is 0 Å². The van der Waals surface area contributed by atoms with E-state index in [2.05, 4.69) is 37.2 Å². The molecule has 2 rings (SSSR count). The van der Waals surface area contributed by atoms with Gasteiger partial charge in [-0.1, -0.05) is 15.9 Å². The molecule has 4 heteroatoms. The zero-order valence-corrected chi connectivity index (χ0v) is 10.0. The molecule has 0 aromatic heterocycles. The molecule has 1 heterocycles. The molecule has 0 amide bonds. The Morgan fingerprint density at radius 2 is 1.92 bits per heavy atom. The molecular formula is C9H9Br2NO. The molecule has 70 valence electrons. The van der Waals surface area contributed by atoms with Gasteiger partial charge in [-0.3, -0.25) is 0 Å². The van der Waals surface area contributed by atoms with Crippen LogP contribution in [0.3, 0.4) is 0 Å². The summed E-state index contributed by atoms with van der Waals surface area (Å²) in [5, 5.41) is 13.1. The maximum atomic E-state index is 9.80. The highest BCUT2D eigenvalue weighted by molar-refractivity contribution is 9.11. The monoisotopic (exact) mass is 305 g/mol. The predicted molar refractivity (Wildman–Crippen MR) is 58.9 cm³/mol. The molecule has 1 aliphatic rings. The Bertz CT molecular complexity index is 337. The molecule has 1 fully saturated rings. The number of nitrogens with one attached hydrogen (secondary N) is 1. The third kappa shape index (κ3) is 1.63. The van der Waals surface area contributed by atoms with Crippen molar-refractivity contribution in [2.24, 2.45) is 0 Å². The van der Waals surface area contributed by atoms with Crippen LogP contribution in [0.5, 0.6) is 5.75 Å². The molecule has 0 aliphatic carbocycles. The molecule has 0 saturated carbocycles. The number of hydrogen-bond acceptors (Lipinski definition) is 2. The van der Waals surface area contributed by atoms with Gasteiger partial charge in [-0.2, -0.15) is 0 Å². The molecule has 1 aromatic carbocycles. The molecule has 2 N–H and O–H groups in total. The molecule has 1 atom stereocenters. The predicted octanol–water partition coefficient (Wildman–Crippen LogP) is 2.95. The topological polar surface area (TPSA) is 32.3 Å². The summed E-state index contributed by atoms with van der Waals surface area (Å²) in [5.41, 5.74) is 0.959. The molecule has 1 aromatic rings. The van der Waals surface area contributed by atoms with Crippen LogP contribution in [-0.4, -0.2) is 11.7 Å². The minimum absolute atomic E-state index is 0.298. The molecule has 13 heavy (non-hydrogen) atoms. The Kier molecular flexibility index (Phi) is 2.62. The number of rotatable bonds is 1. The van der Waals surface area contributed by atoms with Gasteiger partial charge in [0.25, 0.3) is 0 Å². The SMILES string of the molecule is Oc1c(Br)ccc(Br)c1[C@@H]1CCN1. The van der Waals surface area contributed by atoms with E-state index in [1.807, 2.05) is 12.1 Å². The molecular weight excluding hydrogens is 298 g/mol. The third-order valence-corrected chi connectivity index (χ3v) is 3.62. The summed E-state index contributed by atoms with van der Waals surface area (Å²) in [5.74, 6) is 0.339. The van der Waals surface area contributed by atoms with Crippen LogP contribution in [0, 0.1) is 0 Å². The molecule has 2 nitrogen and oxygen atoms in total. The van der Waals surface area contributed by atoms with Crippen molar-refractivity contribution in [1.82, 2.24) is 5.32 Å². The van der Waals surface area contributed by atoms with Crippen molar-refractivity contribution in [3.8, 4) is 5.75 Å². The van der Waals surface area contributed by atoms with Crippen LogP contribution in [0.2, 0.25) is 0 Å². The van der Waals surface area contributed by atoms with Gasteiger partial charge in [0.1, 0.15) is 5.75 Å². The standard InChI is InChI=1S/C9H9Br2NO/c10-5-1-2-6(11)9(13)8(5)7-3-4-12-7/h1-2,7,12-13H,3-4H2/t7-/m0/s1. The summed E-state index contributed by atoms with van der Waals surface area (Å²) in [6, 6.07) is 4.08. The quantitative estimate of drug-likeness (QED) is 0.836. The second kappa shape index (κ2) is 3.59. The lowest BCUT2D eigenvalue weighted by molar-refractivity contribution is 0.362. The lowest BCUT2D eigenvalue weighted by atomic mass is 9.97. The number of phenols is 1. The van der Waals surface area contributed by atoms with Crippen molar-refractivity contribution in [3.63, 3.8) is 0 Å². The number of aromatic hydroxyl groups is 1. The van der Waals surface area contributed by atoms with E-state index >= 15 is 0 Å². The Morgan fingerprint density at radius 3 is 2.46 bits per heavy atom. The summed E-state index contributed by atoms with van der Waals surface area (Å²) < 4.78 is 1.71. The van der Waals surface area contributed by atoms with E-state index in [0.29, 0.717) is 11.8 Å². The second-order valence-corrected chi connectivity index (χ2v) is 4.80. The van der Waals surface area contributed by atoms with Crippen molar-refractivity contribution < 1.29 is 5.11 Å². The lowest BCUT2D eigenvalue weighted by Crippen LogP contribution is -2.35. The Morgan fingerprint density at radius 1 is 1.31 bits per heavy atom. The maximum Gasteiger partial charge on any atom is 0.135 e. The number of hydrogen-bond donors (Lipinski definition) is 2. The number of benzene rings is 1. The maximum absolute atomic E-state index is 9.80. The van der Waals surface area contributed by atoms with Crippen molar-refractivity contribution in [2.45, 2.75) is 12.5 Å². The highest BCUT2D eigenvalue weighted by Crippen LogP contribution is 2.40.